The Morgan fingerprint density at radius 1 is 1.04 bits per heavy atom. The molecule has 0 radical (unpaired) electrons. The number of esters is 1. The number of nitrogens with one attached hydrogen (secondary N) is 1. The van der Waals surface area contributed by atoms with E-state index in [9.17, 15) is 14.4 Å². The molecule has 0 spiro atoms. The van der Waals surface area contributed by atoms with Gasteiger partial charge in [-0.1, -0.05) is 31.2 Å². The Kier molecular flexibility index (Phi) is 6.84. The van der Waals surface area contributed by atoms with Gasteiger partial charge >= 0.3 is 5.97 Å². The Labute approximate surface area is 157 Å². The van der Waals surface area contributed by atoms with Crippen molar-refractivity contribution in [1.29, 1.82) is 5.26 Å². The van der Waals surface area contributed by atoms with Crippen LogP contribution in [0.1, 0.15) is 46.5 Å². The molecule has 0 aromatic heterocycles. The van der Waals surface area contributed by atoms with Crippen LogP contribution in [0, 0.1) is 11.3 Å². The number of benzene rings is 2. The number of nitriles is 1. The normalized spacial score (nSPS) is 11.1. The van der Waals surface area contributed by atoms with Crippen LogP contribution < -0.4 is 5.32 Å². The highest BCUT2D eigenvalue weighted by molar-refractivity contribution is 6.01. The first-order chi connectivity index (χ1) is 12.9. The van der Waals surface area contributed by atoms with Gasteiger partial charge in [-0.25, -0.2) is 4.79 Å². The zero-order valence-electron chi connectivity index (χ0n) is 15.2. The molecule has 27 heavy (non-hydrogen) atoms. The quantitative estimate of drug-likeness (QED) is 0.599. The fourth-order valence-electron chi connectivity index (χ4n) is 2.39. The molecular formula is C21H20N2O4. The summed E-state index contributed by atoms with van der Waals surface area (Å²) in [5, 5.41) is 11.0. The van der Waals surface area contributed by atoms with Gasteiger partial charge in [-0.2, -0.15) is 5.26 Å². The molecule has 0 aliphatic heterocycles. The number of amides is 1. The Balaban J connectivity index is 1.97. The minimum absolute atomic E-state index is 0.247. The Bertz CT molecular complexity index is 865. The number of nitrogens with zero attached hydrogens (tertiary/aromatic N) is 1. The van der Waals surface area contributed by atoms with Gasteiger partial charge in [-0.3, -0.25) is 9.59 Å². The molecule has 0 aliphatic carbocycles. The third-order valence-corrected chi connectivity index (χ3v) is 3.94. The van der Waals surface area contributed by atoms with Crippen LogP contribution in [0.15, 0.2) is 48.5 Å². The van der Waals surface area contributed by atoms with Crippen LogP contribution in [0.3, 0.4) is 0 Å². The van der Waals surface area contributed by atoms with E-state index in [1.807, 2.05) is 19.1 Å². The number of hydrogen-bond donors (Lipinski definition) is 1. The summed E-state index contributed by atoms with van der Waals surface area (Å²) in [5.41, 5.74) is 2.34. The number of ketones is 1. The monoisotopic (exact) mass is 364 g/mol. The van der Waals surface area contributed by atoms with E-state index in [2.05, 4.69) is 5.32 Å². The molecule has 2 aromatic rings. The van der Waals surface area contributed by atoms with Gasteiger partial charge in [-0.05, 0) is 43.2 Å². The number of aryl methyl sites for hydroxylation is 1. The summed E-state index contributed by atoms with van der Waals surface area (Å²) in [6.07, 6.45) is -0.283. The number of carbonyl (C=O) groups is 3. The fourth-order valence-corrected chi connectivity index (χ4v) is 2.39. The molecule has 0 saturated carbocycles. The molecule has 0 saturated heterocycles. The summed E-state index contributed by atoms with van der Waals surface area (Å²) in [6.45, 7) is 3.56. The Morgan fingerprint density at radius 3 is 2.19 bits per heavy atom. The minimum Gasteiger partial charge on any atom is -0.451 e. The van der Waals surface area contributed by atoms with Gasteiger partial charge in [0, 0.05) is 11.3 Å². The highest BCUT2D eigenvalue weighted by Gasteiger charge is 2.20. The maximum Gasteiger partial charge on any atom is 0.338 e. The lowest BCUT2D eigenvalue weighted by molar-refractivity contribution is -0.115. The second-order valence-electron chi connectivity index (χ2n) is 5.92. The maximum absolute atomic E-state index is 12.4. The molecule has 138 valence electrons. The second-order valence-corrected chi connectivity index (χ2v) is 5.92. The number of hydrogen-bond acceptors (Lipinski definition) is 5. The summed E-state index contributed by atoms with van der Waals surface area (Å²) in [7, 11) is 0. The molecule has 0 aliphatic rings. The van der Waals surface area contributed by atoms with Gasteiger partial charge in [0.15, 0.2) is 6.10 Å². The number of rotatable bonds is 7. The first-order valence-electron chi connectivity index (χ1n) is 8.55. The van der Waals surface area contributed by atoms with Crippen molar-refractivity contribution < 1.29 is 19.1 Å². The maximum atomic E-state index is 12.4. The van der Waals surface area contributed by atoms with Crippen LogP contribution in [0.25, 0.3) is 0 Å². The molecule has 0 heterocycles. The van der Waals surface area contributed by atoms with Crippen molar-refractivity contribution >= 4 is 23.3 Å². The molecule has 2 aromatic carbocycles. The van der Waals surface area contributed by atoms with E-state index in [1.54, 1.807) is 18.2 Å². The lowest BCUT2D eigenvalue weighted by Crippen LogP contribution is -2.24. The van der Waals surface area contributed by atoms with Crippen LogP contribution in [0.2, 0.25) is 0 Å². The second kappa shape index (κ2) is 9.30. The van der Waals surface area contributed by atoms with Gasteiger partial charge < -0.3 is 10.1 Å². The van der Waals surface area contributed by atoms with Gasteiger partial charge in [0.25, 0.3) is 0 Å². The van der Waals surface area contributed by atoms with E-state index < -0.39 is 18.0 Å². The SMILES string of the molecule is CCc1ccc(C(=O)[C@@H](C)OC(=O)c2ccc(NC(=O)CC#N)cc2)cc1. The Morgan fingerprint density at radius 2 is 1.63 bits per heavy atom. The summed E-state index contributed by atoms with van der Waals surface area (Å²) < 4.78 is 5.25. The molecule has 0 bridgehead atoms. The van der Waals surface area contributed by atoms with E-state index in [4.69, 9.17) is 10.00 Å². The van der Waals surface area contributed by atoms with E-state index in [1.165, 1.54) is 31.2 Å². The largest absolute Gasteiger partial charge is 0.451 e. The van der Waals surface area contributed by atoms with Crippen molar-refractivity contribution in [3.8, 4) is 6.07 Å². The number of Topliss-reactive ketones (excluding diaryl/α,β-unsaturated/α-hetero) is 1. The first kappa shape index (κ1) is 19.9. The molecular weight excluding hydrogens is 344 g/mol. The van der Waals surface area contributed by atoms with Crippen molar-refractivity contribution in [2.45, 2.75) is 32.8 Å². The predicted octanol–water partition coefficient (Wildman–Crippen LogP) is 3.53. The zero-order chi connectivity index (χ0) is 19.8. The van der Waals surface area contributed by atoms with Crippen molar-refractivity contribution in [1.82, 2.24) is 0 Å². The zero-order valence-corrected chi connectivity index (χ0v) is 15.2. The third kappa shape index (κ3) is 5.51. The molecule has 1 N–H and O–H groups in total. The number of carbonyl (C=O) groups excluding carboxylic acids is 3. The van der Waals surface area contributed by atoms with Gasteiger partial charge in [0.2, 0.25) is 11.7 Å². The molecule has 0 unspecified atom stereocenters. The van der Waals surface area contributed by atoms with Crippen molar-refractivity contribution in [2.24, 2.45) is 0 Å². The molecule has 1 amide bonds. The lowest BCUT2D eigenvalue weighted by atomic mass is 10.0. The van der Waals surface area contributed by atoms with Crippen LogP contribution in [-0.4, -0.2) is 23.8 Å². The molecule has 2 rings (SSSR count). The highest BCUT2D eigenvalue weighted by Crippen LogP contribution is 2.14. The molecule has 6 heteroatoms. The summed E-state index contributed by atoms with van der Waals surface area (Å²) >= 11 is 0. The predicted molar refractivity (Wildman–Crippen MR) is 100 cm³/mol. The number of anilines is 1. The van der Waals surface area contributed by atoms with E-state index in [0.29, 0.717) is 11.3 Å². The lowest BCUT2D eigenvalue weighted by Gasteiger charge is -2.13. The van der Waals surface area contributed by atoms with Crippen LogP contribution in [-0.2, 0) is 16.0 Å². The minimum atomic E-state index is -0.917. The topological polar surface area (TPSA) is 96.3 Å². The van der Waals surface area contributed by atoms with Crippen molar-refractivity contribution in [2.75, 3.05) is 5.32 Å². The summed E-state index contributed by atoms with van der Waals surface area (Å²) in [5.74, 6) is -1.33. The fraction of sp³-hybridized carbons (Fsp3) is 0.238. The third-order valence-electron chi connectivity index (χ3n) is 3.94. The average molecular weight is 364 g/mol. The molecule has 0 fully saturated rings. The van der Waals surface area contributed by atoms with Crippen LogP contribution in [0.5, 0.6) is 0 Å². The van der Waals surface area contributed by atoms with Crippen molar-refractivity contribution in [3.63, 3.8) is 0 Å². The summed E-state index contributed by atoms with van der Waals surface area (Å²) in [4.78, 5) is 36.0. The average Bonchev–Trinajstić information content (AvgIpc) is 2.68. The summed E-state index contributed by atoms with van der Waals surface area (Å²) in [6, 6.07) is 15.0. The molecule has 1 atom stereocenters. The van der Waals surface area contributed by atoms with Gasteiger partial charge in [0.05, 0.1) is 11.6 Å². The van der Waals surface area contributed by atoms with E-state index in [0.717, 1.165) is 12.0 Å². The van der Waals surface area contributed by atoms with E-state index >= 15 is 0 Å². The Hall–Kier alpha value is -3.46. The highest BCUT2D eigenvalue weighted by atomic mass is 16.5. The number of ether oxygens (including phenoxy) is 1. The van der Waals surface area contributed by atoms with Crippen molar-refractivity contribution in [3.05, 3.63) is 65.2 Å². The standard InChI is InChI=1S/C21H20N2O4/c1-3-15-4-6-16(7-5-15)20(25)14(2)27-21(26)17-8-10-18(11-9-17)23-19(24)12-13-22/h4-11,14H,3,12H2,1-2H3,(H,23,24)/t14-/m1/s1. The van der Waals surface area contributed by atoms with Gasteiger partial charge in [-0.15, -0.1) is 0 Å². The van der Waals surface area contributed by atoms with Gasteiger partial charge in [0.1, 0.15) is 6.42 Å². The van der Waals surface area contributed by atoms with Crippen LogP contribution in [0.4, 0.5) is 5.69 Å². The van der Waals surface area contributed by atoms with E-state index in [-0.39, 0.29) is 17.8 Å². The molecule has 6 nitrogen and oxygen atoms in total. The smallest absolute Gasteiger partial charge is 0.338 e. The van der Waals surface area contributed by atoms with Crippen LogP contribution >= 0.6 is 0 Å². The first-order valence-corrected chi connectivity index (χ1v) is 8.55.